The van der Waals surface area contributed by atoms with E-state index in [4.69, 9.17) is 21.1 Å². The van der Waals surface area contributed by atoms with Crippen LogP contribution in [0.15, 0.2) is 24.3 Å². The van der Waals surface area contributed by atoms with Crippen LogP contribution in [0.5, 0.6) is 0 Å². The van der Waals surface area contributed by atoms with E-state index in [9.17, 15) is 4.79 Å². The lowest BCUT2D eigenvalue weighted by Gasteiger charge is -2.07. The lowest BCUT2D eigenvalue weighted by Crippen LogP contribution is -2.16. The lowest BCUT2D eigenvalue weighted by atomic mass is 10.1. The molecule has 0 aliphatic rings. The molecule has 0 aliphatic carbocycles. The number of aryl methyl sites for hydroxylation is 2. The molecule has 0 atom stereocenters. The lowest BCUT2D eigenvalue weighted by molar-refractivity contribution is 0.0378. The molecule has 0 spiro atoms. The Morgan fingerprint density at radius 1 is 1.16 bits per heavy atom. The van der Waals surface area contributed by atoms with Gasteiger partial charge in [-0.25, -0.2) is 9.31 Å². The number of esters is 1. The molecule has 0 aliphatic heterocycles. The van der Waals surface area contributed by atoms with E-state index < -0.39 is 5.97 Å². The fraction of sp³-hybridized carbons (Fsp3) is 0.294. The topological polar surface area (TPSA) is 78.6 Å². The summed E-state index contributed by atoms with van der Waals surface area (Å²) in [5, 5.41) is 13.4. The second kappa shape index (κ2) is 7.16. The molecule has 3 aromatic rings. The number of hydrogen-bond acceptors (Lipinski definition) is 6. The summed E-state index contributed by atoms with van der Waals surface area (Å²) in [5.74, 6) is -0.551. The fourth-order valence-corrected chi connectivity index (χ4v) is 2.67. The van der Waals surface area contributed by atoms with Crippen molar-refractivity contribution in [3.8, 4) is 11.1 Å². The molecule has 0 bridgehead atoms. The Bertz CT molecular complexity index is 922. The maximum atomic E-state index is 12.1. The normalized spacial score (nSPS) is 11.0. The van der Waals surface area contributed by atoms with Gasteiger partial charge in [-0.15, -0.1) is 10.2 Å². The van der Waals surface area contributed by atoms with Crippen molar-refractivity contribution in [1.29, 1.82) is 0 Å². The van der Waals surface area contributed by atoms with E-state index in [1.54, 1.807) is 11.4 Å². The molecule has 0 saturated heterocycles. The Hall–Kier alpha value is -2.51. The molecule has 130 valence electrons. The maximum Gasteiger partial charge on any atom is 0.360 e. The number of hydrogen-bond donors (Lipinski definition) is 0. The van der Waals surface area contributed by atoms with Crippen LogP contribution in [-0.4, -0.2) is 46.1 Å². The zero-order chi connectivity index (χ0) is 18.0. The average Bonchev–Trinajstić information content (AvgIpc) is 2.93. The molecule has 2 aromatic heterocycles. The first-order chi connectivity index (χ1) is 12.0. The highest BCUT2D eigenvalue weighted by Gasteiger charge is 2.21. The van der Waals surface area contributed by atoms with E-state index in [0.717, 1.165) is 16.8 Å². The third-order valence-electron chi connectivity index (χ3n) is 3.79. The molecule has 2 heterocycles. The molecule has 3 rings (SSSR count). The van der Waals surface area contributed by atoms with Crippen LogP contribution < -0.4 is 0 Å². The van der Waals surface area contributed by atoms with Crippen molar-refractivity contribution in [3.05, 3.63) is 46.4 Å². The molecular weight excluding hydrogens is 344 g/mol. The number of halogens is 1. The van der Waals surface area contributed by atoms with Crippen LogP contribution in [0.25, 0.3) is 16.8 Å². The molecule has 0 radical (unpaired) electrons. The third kappa shape index (κ3) is 3.33. The first-order valence-corrected chi connectivity index (χ1v) is 8.05. The molecule has 0 saturated carbocycles. The highest BCUT2D eigenvalue weighted by molar-refractivity contribution is 6.30. The summed E-state index contributed by atoms with van der Waals surface area (Å²) in [6.45, 7) is 4.12. The minimum atomic E-state index is -0.551. The molecule has 0 unspecified atom stereocenters. The summed E-state index contributed by atoms with van der Waals surface area (Å²) in [6.07, 6.45) is 0. The van der Waals surface area contributed by atoms with Crippen molar-refractivity contribution in [2.24, 2.45) is 0 Å². The van der Waals surface area contributed by atoms with Gasteiger partial charge in [-0.3, -0.25) is 0 Å². The molecule has 0 amide bonds. The third-order valence-corrected chi connectivity index (χ3v) is 4.04. The van der Waals surface area contributed by atoms with Crippen molar-refractivity contribution in [2.45, 2.75) is 13.8 Å². The predicted molar refractivity (Wildman–Crippen MR) is 92.9 cm³/mol. The maximum absolute atomic E-state index is 12.1. The predicted octanol–water partition coefficient (Wildman–Crippen LogP) is 2.86. The molecule has 25 heavy (non-hydrogen) atoms. The van der Waals surface area contributed by atoms with Gasteiger partial charge < -0.3 is 9.47 Å². The smallest absolute Gasteiger partial charge is 0.360 e. The Morgan fingerprint density at radius 3 is 2.56 bits per heavy atom. The monoisotopic (exact) mass is 360 g/mol. The van der Waals surface area contributed by atoms with Crippen LogP contribution in [0.3, 0.4) is 0 Å². The molecular formula is C17H17ClN4O3. The SMILES string of the molecule is COCCOC(=O)c1nnc2c(-c3ccc(Cl)cc3)c(C)nn2c1C. The number of ether oxygens (including phenoxy) is 2. The number of nitrogens with zero attached hydrogens (tertiary/aromatic N) is 4. The molecule has 1 aromatic carbocycles. The van der Waals surface area contributed by atoms with E-state index in [1.807, 2.05) is 31.2 Å². The van der Waals surface area contributed by atoms with Gasteiger partial charge in [-0.2, -0.15) is 5.10 Å². The highest BCUT2D eigenvalue weighted by atomic mass is 35.5. The summed E-state index contributed by atoms with van der Waals surface area (Å²) >= 11 is 5.95. The Labute approximate surface area is 149 Å². The van der Waals surface area contributed by atoms with Crippen molar-refractivity contribution in [2.75, 3.05) is 20.3 Å². The Balaban J connectivity index is 2.03. The zero-order valence-electron chi connectivity index (χ0n) is 14.1. The van der Waals surface area contributed by atoms with E-state index in [1.165, 1.54) is 7.11 Å². The molecule has 0 fully saturated rings. The number of rotatable bonds is 5. The second-order valence-corrected chi connectivity index (χ2v) is 5.90. The van der Waals surface area contributed by atoms with Crippen LogP contribution in [0.2, 0.25) is 5.02 Å². The van der Waals surface area contributed by atoms with Crippen molar-refractivity contribution < 1.29 is 14.3 Å². The van der Waals surface area contributed by atoms with E-state index >= 15 is 0 Å². The summed E-state index contributed by atoms with van der Waals surface area (Å²) in [7, 11) is 1.54. The van der Waals surface area contributed by atoms with Crippen molar-refractivity contribution in [3.63, 3.8) is 0 Å². The fourth-order valence-electron chi connectivity index (χ4n) is 2.54. The summed E-state index contributed by atoms with van der Waals surface area (Å²) in [6, 6.07) is 7.41. The van der Waals surface area contributed by atoms with Crippen LogP contribution in [0, 0.1) is 13.8 Å². The number of carbonyl (C=O) groups is 1. The van der Waals surface area contributed by atoms with Crippen molar-refractivity contribution in [1.82, 2.24) is 19.8 Å². The average molecular weight is 361 g/mol. The van der Waals surface area contributed by atoms with Gasteiger partial charge in [0.15, 0.2) is 11.3 Å². The van der Waals surface area contributed by atoms with Gasteiger partial charge in [0, 0.05) is 12.1 Å². The van der Waals surface area contributed by atoms with Gasteiger partial charge >= 0.3 is 5.97 Å². The van der Waals surface area contributed by atoms with E-state index in [0.29, 0.717) is 23.0 Å². The van der Waals surface area contributed by atoms with Gasteiger partial charge in [-0.05, 0) is 31.5 Å². The number of methoxy groups -OCH3 is 1. The largest absolute Gasteiger partial charge is 0.458 e. The number of carbonyl (C=O) groups excluding carboxylic acids is 1. The highest BCUT2D eigenvalue weighted by Crippen LogP contribution is 2.28. The summed E-state index contributed by atoms with van der Waals surface area (Å²) in [5.41, 5.74) is 3.84. The first kappa shape index (κ1) is 17.3. The number of aromatic nitrogens is 4. The Kier molecular flexibility index (Phi) is 4.96. The van der Waals surface area contributed by atoms with Gasteiger partial charge in [0.2, 0.25) is 0 Å². The van der Waals surface area contributed by atoms with Gasteiger partial charge in [0.25, 0.3) is 0 Å². The quantitative estimate of drug-likeness (QED) is 0.514. The molecule has 8 heteroatoms. The first-order valence-electron chi connectivity index (χ1n) is 7.67. The van der Waals surface area contributed by atoms with E-state index in [2.05, 4.69) is 15.3 Å². The number of fused-ring (bicyclic) bond motifs is 1. The van der Waals surface area contributed by atoms with Crippen LogP contribution in [0.1, 0.15) is 21.9 Å². The zero-order valence-corrected chi connectivity index (χ0v) is 14.9. The Morgan fingerprint density at radius 2 is 1.88 bits per heavy atom. The van der Waals surface area contributed by atoms with Gasteiger partial charge in [0.1, 0.15) is 6.61 Å². The van der Waals surface area contributed by atoms with Crippen LogP contribution in [0.4, 0.5) is 0 Å². The summed E-state index contributed by atoms with van der Waals surface area (Å²) in [4.78, 5) is 12.1. The minimum absolute atomic E-state index is 0.133. The van der Waals surface area contributed by atoms with Crippen LogP contribution >= 0.6 is 11.6 Å². The number of benzene rings is 1. The molecule has 0 N–H and O–H groups in total. The van der Waals surface area contributed by atoms with Crippen molar-refractivity contribution >= 4 is 23.2 Å². The standard InChI is InChI=1S/C17H17ClN4O3/c1-10-14(12-4-6-13(18)7-5-12)16-20-19-15(11(2)22(16)21-10)17(23)25-9-8-24-3/h4-7H,8-9H2,1-3H3. The second-order valence-electron chi connectivity index (χ2n) is 5.47. The van der Waals surface area contributed by atoms with Crippen LogP contribution in [-0.2, 0) is 9.47 Å². The molecule has 7 nitrogen and oxygen atoms in total. The summed E-state index contributed by atoms with van der Waals surface area (Å²) < 4.78 is 11.6. The minimum Gasteiger partial charge on any atom is -0.458 e. The van der Waals surface area contributed by atoms with E-state index in [-0.39, 0.29) is 12.3 Å². The van der Waals surface area contributed by atoms with Gasteiger partial charge in [-0.1, -0.05) is 23.7 Å². The van der Waals surface area contributed by atoms with Gasteiger partial charge in [0.05, 0.1) is 23.6 Å².